The van der Waals surface area contributed by atoms with Crippen molar-refractivity contribution in [3.05, 3.63) is 0 Å². The molecule has 0 saturated carbocycles. The van der Waals surface area contributed by atoms with Crippen molar-refractivity contribution in [1.82, 2.24) is 0 Å². The zero-order valence-electron chi connectivity index (χ0n) is 3.48. The Kier molecular flexibility index (Phi) is 1.20. The first kappa shape index (κ1) is 2.97. The molecule has 0 fully saturated rings. The van der Waals surface area contributed by atoms with Gasteiger partial charge in [0.1, 0.15) is 5.17 Å². The van der Waals surface area contributed by atoms with Crippen LogP contribution in [0.2, 0.25) is 0 Å². The van der Waals surface area contributed by atoms with Gasteiger partial charge in [-0.15, -0.1) is 0 Å². The van der Waals surface area contributed by atoms with Gasteiger partial charge in [0.25, 0.3) is 0 Å². The number of hydrogen-bond acceptors (Lipinski definition) is 2. The van der Waals surface area contributed by atoms with Crippen molar-refractivity contribution in [2.45, 2.75) is 6.90 Å². The minimum Gasteiger partial charge on any atom is -0.410 e. The van der Waals surface area contributed by atoms with Crippen LogP contribution in [0.5, 0.6) is 0 Å². The normalized spacial score (nSPS) is 14.6. The molecular formula is C2H4ClNO. The first-order valence-electron chi connectivity index (χ1n) is 1.67. The summed E-state index contributed by atoms with van der Waals surface area (Å²) in [6, 6.07) is 0. The third-order valence-electron chi connectivity index (χ3n) is 0.109. The molecule has 0 aliphatic carbocycles. The minimum absolute atomic E-state index is 0.0880. The summed E-state index contributed by atoms with van der Waals surface area (Å²) in [7, 11) is 0. The van der Waals surface area contributed by atoms with E-state index in [2.05, 4.69) is 5.16 Å². The lowest BCUT2D eigenvalue weighted by Crippen LogP contribution is -1.68. The van der Waals surface area contributed by atoms with Gasteiger partial charge >= 0.3 is 0 Å². The Morgan fingerprint density at radius 1 is 2.40 bits per heavy atom. The van der Waals surface area contributed by atoms with Gasteiger partial charge in [-0.1, -0.05) is 16.8 Å². The highest BCUT2D eigenvalue weighted by Crippen LogP contribution is 1.75. The van der Waals surface area contributed by atoms with E-state index in [-0.39, 0.29) is 12.1 Å². The highest BCUT2D eigenvalue weighted by atomic mass is 35.5. The van der Waals surface area contributed by atoms with Crippen LogP contribution in [0.3, 0.4) is 0 Å². The Labute approximate surface area is 36.5 Å². The fraction of sp³-hybridized carbons (Fsp3) is 0.500. The van der Waals surface area contributed by atoms with Gasteiger partial charge in [0, 0.05) is 1.37 Å². The van der Waals surface area contributed by atoms with Crippen molar-refractivity contribution in [3.63, 3.8) is 0 Å². The van der Waals surface area contributed by atoms with Crippen LogP contribution in [0.25, 0.3) is 0 Å². The van der Waals surface area contributed by atoms with Crippen molar-refractivity contribution in [3.8, 4) is 0 Å². The first-order chi connectivity index (χ1) is 2.81. The summed E-state index contributed by atoms with van der Waals surface area (Å²) in [5, 5.41) is 10.1. The second-order valence-corrected chi connectivity index (χ2v) is 0.913. The van der Waals surface area contributed by atoms with Crippen LogP contribution in [0.15, 0.2) is 5.16 Å². The molecule has 0 unspecified atom stereocenters. The maximum absolute atomic E-state index is 7.67. The molecule has 2 nitrogen and oxygen atoms in total. The van der Waals surface area contributed by atoms with Gasteiger partial charge in [-0.25, -0.2) is 0 Å². The molecule has 0 spiro atoms. The maximum Gasteiger partial charge on any atom is 0.142 e. The van der Waals surface area contributed by atoms with E-state index in [9.17, 15) is 0 Å². The van der Waals surface area contributed by atoms with Gasteiger partial charge in [0.15, 0.2) is 0 Å². The second kappa shape index (κ2) is 2.03. The number of oxime groups is 1. The van der Waals surface area contributed by atoms with Crippen LogP contribution < -0.4 is 0 Å². The molecular weight excluding hydrogens is 89.5 g/mol. The monoisotopic (exact) mass is 94.0 g/mol. The summed E-state index contributed by atoms with van der Waals surface area (Å²) >= 11 is 4.96. The Morgan fingerprint density at radius 2 is 3.00 bits per heavy atom. The van der Waals surface area contributed by atoms with Gasteiger partial charge in [0.05, 0.1) is 0 Å². The fourth-order valence-corrected chi connectivity index (χ4v) is 0. The van der Waals surface area contributed by atoms with Gasteiger partial charge in [-0.05, 0) is 6.90 Å². The summed E-state index contributed by atoms with van der Waals surface area (Å²) in [6.07, 6.45) is 0. The average molecular weight is 94.5 g/mol. The smallest absolute Gasteiger partial charge is 0.142 e. The summed E-state index contributed by atoms with van der Waals surface area (Å²) in [6.45, 7) is -0.155. The maximum atomic E-state index is 7.67. The predicted molar refractivity (Wildman–Crippen MR) is 20.7 cm³/mol. The SMILES string of the molecule is [2H]C/C(Cl)=N/O. The quantitative estimate of drug-likeness (QED) is 0.271. The molecule has 0 rings (SSSR count). The largest absolute Gasteiger partial charge is 0.410 e. The third kappa shape index (κ3) is 3.76. The van der Waals surface area contributed by atoms with Gasteiger partial charge < -0.3 is 5.21 Å². The van der Waals surface area contributed by atoms with Gasteiger partial charge in [-0.2, -0.15) is 0 Å². The molecule has 0 heterocycles. The summed E-state index contributed by atoms with van der Waals surface area (Å²) < 4.78 is 6.39. The number of nitrogens with zero attached hydrogens (tertiary/aromatic N) is 1. The van der Waals surface area contributed by atoms with E-state index in [1.54, 1.807) is 0 Å². The Bertz CT molecular complexity index is 64.6. The lowest BCUT2D eigenvalue weighted by Gasteiger charge is -1.68. The molecule has 30 valence electrons. The van der Waals surface area contributed by atoms with Crippen LogP contribution in [-0.2, 0) is 0 Å². The van der Waals surface area contributed by atoms with E-state index in [1.807, 2.05) is 0 Å². The zero-order chi connectivity index (χ0) is 4.99. The standard InChI is InChI=1S/C2H4ClNO/c1-2(3)4-5/h5H,1H3/b4-2-/i1D. The molecule has 0 aromatic carbocycles. The highest BCUT2D eigenvalue weighted by Gasteiger charge is 1.69. The second-order valence-electron chi connectivity index (χ2n) is 0.476. The van der Waals surface area contributed by atoms with Crippen molar-refractivity contribution < 1.29 is 6.58 Å². The molecule has 5 heavy (non-hydrogen) atoms. The topological polar surface area (TPSA) is 32.6 Å². The van der Waals surface area contributed by atoms with Crippen molar-refractivity contribution in [2.24, 2.45) is 5.16 Å². The molecule has 0 aromatic rings. The van der Waals surface area contributed by atoms with Crippen LogP contribution >= 0.6 is 11.6 Å². The molecule has 3 heteroatoms. The third-order valence-corrected chi connectivity index (χ3v) is 0.184. The van der Waals surface area contributed by atoms with Crippen molar-refractivity contribution in [1.29, 1.82) is 0 Å². The van der Waals surface area contributed by atoms with E-state index in [0.29, 0.717) is 0 Å². The molecule has 0 radical (unpaired) electrons. The molecule has 0 aromatic heterocycles. The minimum atomic E-state index is -0.155. The zero-order valence-corrected chi connectivity index (χ0v) is 3.24. The highest BCUT2D eigenvalue weighted by molar-refractivity contribution is 6.64. The lowest BCUT2D eigenvalue weighted by atomic mass is 10.9. The molecule has 0 aliphatic heterocycles. The van der Waals surface area contributed by atoms with E-state index in [1.165, 1.54) is 0 Å². The van der Waals surface area contributed by atoms with E-state index in [4.69, 9.17) is 18.2 Å². The number of hydrogen-bond donors (Lipinski definition) is 1. The van der Waals surface area contributed by atoms with E-state index in [0.717, 1.165) is 0 Å². The molecule has 0 atom stereocenters. The number of rotatable bonds is 0. The summed E-state index contributed by atoms with van der Waals surface area (Å²) in [5.74, 6) is 0. The van der Waals surface area contributed by atoms with Crippen LogP contribution in [-0.4, -0.2) is 10.4 Å². The molecule has 1 N–H and O–H groups in total. The fourth-order valence-electron chi connectivity index (χ4n) is 0. The van der Waals surface area contributed by atoms with Crippen molar-refractivity contribution >= 4 is 16.8 Å². The first-order valence-corrected chi connectivity index (χ1v) is 1.34. The Balaban J connectivity index is 3.22. The predicted octanol–water partition coefficient (Wildman–Crippen LogP) is 1.03. The average Bonchev–Trinajstić information content (AvgIpc) is 1.65. The molecule has 0 saturated heterocycles. The Morgan fingerprint density at radius 3 is 3.00 bits per heavy atom. The van der Waals surface area contributed by atoms with Crippen LogP contribution in [0, 0.1) is 0 Å². The van der Waals surface area contributed by atoms with Crippen molar-refractivity contribution in [2.75, 3.05) is 0 Å². The molecule has 0 amide bonds. The number of halogens is 1. The Hall–Kier alpha value is -0.240. The van der Waals surface area contributed by atoms with Crippen LogP contribution in [0.1, 0.15) is 8.27 Å². The lowest BCUT2D eigenvalue weighted by molar-refractivity contribution is 0.320. The van der Waals surface area contributed by atoms with Gasteiger partial charge in [-0.3, -0.25) is 0 Å². The van der Waals surface area contributed by atoms with Gasteiger partial charge in [0.2, 0.25) is 0 Å². The molecule has 0 bridgehead atoms. The summed E-state index contributed by atoms with van der Waals surface area (Å²) in [4.78, 5) is 0. The van der Waals surface area contributed by atoms with E-state index >= 15 is 0 Å². The van der Waals surface area contributed by atoms with Crippen LogP contribution in [0.4, 0.5) is 0 Å². The molecule has 0 aliphatic rings. The van der Waals surface area contributed by atoms with E-state index < -0.39 is 0 Å². The summed E-state index contributed by atoms with van der Waals surface area (Å²) in [5.41, 5.74) is 0.